The number of rotatable bonds is 3. The van der Waals surface area contributed by atoms with Crippen LogP contribution in [0.3, 0.4) is 0 Å². The first-order valence-electron chi connectivity index (χ1n) is 18.1. The van der Waals surface area contributed by atoms with Crippen molar-refractivity contribution in [3.05, 3.63) is 198 Å². The maximum Gasteiger partial charge on any atom is 0.0622 e. The van der Waals surface area contributed by atoms with E-state index < -0.39 is 0 Å². The third-order valence-corrected chi connectivity index (χ3v) is 11.9. The number of hydrogen-bond donors (Lipinski definition) is 0. The lowest BCUT2D eigenvalue weighted by Crippen LogP contribution is -2.14. The van der Waals surface area contributed by atoms with Crippen LogP contribution in [0.4, 0.5) is 0 Å². The summed E-state index contributed by atoms with van der Waals surface area (Å²) < 4.78 is 2.50. The molecule has 0 radical (unpaired) electrons. The van der Waals surface area contributed by atoms with E-state index in [1.165, 1.54) is 99.5 Å². The molecule has 2 aliphatic rings. The van der Waals surface area contributed by atoms with Crippen LogP contribution in [0.1, 0.15) is 47.6 Å². The molecule has 1 heterocycles. The van der Waals surface area contributed by atoms with Crippen LogP contribution in [0.15, 0.2) is 170 Å². The molecule has 240 valence electrons. The number of nitrogens with zero attached hydrogens (tertiary/aromatic N) is 1. The van der Waals surface area contributed by atoms with E-state index in [0.717, 1.165) is 0 Å². The Balaban J connectivity index is 1.12. The summed E-state index contributed by atoms with van der Waals surface area (Å²) in [6.07, 6.45) is 0. The third-order valence-electron chi connectivity index (χ3n) is 11.9. The first-order chi connectivity index (χ1) is 25.1. The van der Waals surface area contributed by atoms with E-state index in [9.17, 15) is 0 Å². The summed E-state index contributed by atoms with van der Waals surface area (Å²) in [6, 6.07) is 63.5. The number of benzene rings is 8. The van der Waals surface area contributed by atoms with Crippen LogP contribution in [0.25, 0.3) is 71.6 Å². The van der Waals surface area contributed by atoms with E-state index >= 15 is 0 Å². The lowest BCUT2D eigenvalue weighted by Gasteiger charge is -2.21. The Hall–Kier alpha value is -6.18. The lowest BCUT2D eigenvalue weighted by molar-refractivity contribution is 0.661. The first kappa shape index (κ1) is 28.6. The topological polar surface area (TPSA) is 4.93 Å². The summed E-state index contributed by atoms with van der Waals surface area (Å²) >= 11 is 0. The molecule has 0 amide bonds. The molecule has 0 bridgehead atoms. The van der Waals surface area contributed by atoms with Gasteiger partial charge in [0.25, 0.3) is 0 Å². The van der Waals surface area contributed by atoms with Gasteiger partial charge in [-0.15, -0.1) is 0 Å². The summed E-state index contributed by atoms with van der Waals surface area (Å²) in [5, 5.41) is 5.15. The van der Waals surface area contributed by atoms with Gasteiger partial charge in [-0.2, -0.15) is 0 Å². The Bertz CT molecular complexity index is 2890. The highest BCUT2D eigenvalue weighted by molar-refractivity contribution is 6.16. The van der Waals surface area contributed by atoms with Gasteiger partial charge in [-0.3, -0.25) is 0 Å². The van der Waals surface area contributed by atoms with Crippen molar-refractivity contribution in [2.24, 2.45) is 0 Å². The van der Waals surface area contributed by atoms with Crippen LogP contribution in [0, 0.1) is 0 Å². The average molecular weight is 650 g/mol. The molecule has 8 aromatic carbocycles. The van der Waals surface area contributed by atoms with Crippen molar-refractivity contribution < 1.29 is 0 Å². The predicted molar refractivity (Wildman–Crippen MR) is 214 cm³/mol. The molecule has 0 aliphatic heterocycles. The minimum absolute atomic E-state index is 0.0608. The summed E-state index contributed by atoms with van der Waals surface area (Å²) in [5.41, 5.74) is 18.5. The fourth-order valence-corrected chi connectivity index (χ4v) is 9.45. The van der Waals surface area contributed by atoms with E-state index in [1.807, 2.05) is 0 Å². The van der Waals surface area contributed by atoms with Crippen LogP contribution >= 0.6 is 0 Å². The molecule has 2 aliphatic carbocycles. The highest BCUT2D eigenvalue weighted by Crippen LogP contribution is 2.53. The van der Waals surface area contributed by atoms with Crippen molar-refractivity contribution in [3.8, 4) is 39.1 Å². The Morgan fingerprint density at radius 2 is 1.18 bits per heavy atom. The summed E-state index contributed by atoms with van der Waals surface area (Å²) in [7, 11) is 0. The Morgan fingerprint density at radius 3 is 2.06 bits per heavy atom. The third kappa shape index (κ3) is 3.98. The minimum Gasteiger partial charge on any atom is -0.309 e. The van der Waals surface area contributed by atoms with Crippen molar-refractivity contribution in [1.29, 1.82) is 0 Å². The van der Waals surface area contributed by atoms with E-state index in [1.54, 1.807) is 0 Å². The molecular formula is C50H35N. The molecule has 1 aromatic heterocycles. The maximum atomic E-state index is 2.50. The predicted octanol–water partition coefficient (Wildman–Crippen LogP) is 13.1. The Kier molecular flexibility index (Phi) is 5.85. The maximum absolute atomic E-state index is 2.50. The highest BCUT2D eigenvalue weighted by atomic mass is 15.0. The number of aromatic nitrogens is 1. The van der Waals surface area contributed by atoms with Crippen LogP contribution < -0.4 is 0 Å². The second-order valence-corrected chi connectivity index (χ2v) is 14.9. The van der Waals surface area contributed by atoms with Gasteiger partial charge in [-0.1, -0.05) is 153 Å². The molecule has 0 N–H and O–H groups in total. The molecule has 9 aromatic rings. The number of para-hydroxylation sites is 1. The zero-order valence-electron chi connectivity index (χ0n) is 28.7. The molecule has 0 saturated heterocycles. The molecule has 1 unspecified atom stereocenters. The monoisotopic (exact) mass is 649 g/mol. The second-order valence-electron chi connectivity index (χ2n) is 14.9. The molecule has 1 heteroatoms. The average Bonchev–Trinajstić information content (AvgIpc) is 3.77. The van der Waals surface area contributed by atoms with E-state index in [4.69, 9.17) is 0 Å². The SMILES string of the molecule is CC1(C)c2ccccc2-c2c1ccc1c3cc(-c4ccc5c(c4)-c4ccccc4C5c4ccc5ccccc5c4)ccc3n(-c3ccccc3)c21. The fraction of sp³-hybridized carbons (Fsp3) is 0.0800. The minimum atomic E-state index is -0.0608. The summed E-state index contributed by atoms with van der Waals surface area (Å²) in [4.78, 5) is 0. The van der Waals surface area contributed by atoms with Crippen molar-refractivity contribution in [2.45, 2.75) is 25.2 Å². The highest BCUT2D eigenvalue weighted by Gasteiger charge is 2.37. The quantitative estimate of drug-likeness (QED) is 0.179. The van der Waals surface area contributed by atoms with Gasteiger partial charge < -0.3 is 4.57 Å². The number of fused-ring (bicyclic) bond motifs is 11. The smallest absolute Gasteiger partial charge is 0.0622 e. The molecule has 0 spiro atoms. The van der Waals surface area contributed by atoms with E-state index in [0.29, 0.717) is 0 Å². The molecule has 1 nitrogen and oxygen atoms in total. The normalized spacial score (nSPS) is 15.2. The first-order valence-corrected chi connectivity index (χ1v) is 18.1. The molecular weight excluding hydrogens is 615 g/mol. The number of hydrogen-bond acceptors (Lipinski definition) is 0. The van der Waals surface area contributed by atoms with Gasteiger partial charge in [0, 0.05) is 33.4 Å². The van der Waals surface area contributed by atoms with Crippen molar-refractivity contribution in [1.82, 2.24) is 4.57 Å². The zero-order chi connectivity index (χ0) is 33.8. The largest absolute Gasteiger partial charge is 0.309 e. The van der Waals surface area contributed by atoms with Crippen molar-refractivity contribution >= 4 is 32.6 Å². The van der Waals surface area contributed by atoms with Gasteiger partial charge in [-0.25, -0.2) is 0 Å². The van der Waals surface area contributed by atoms with Gasteiger partial charge in [0.15, 0.2) is 0 Å². The van der Waals surface area contributed by atoms with Crippen LogP contribution in [0.5, 0.6) is 0 Å². The van der Waals surface area contributed by atoms with Gasteiger partial charge in [0.05, 0.1) is 11.0 Å². The fourth-order valence-electron chi connectivity index (χ4n) is 9.45. The lowest BCUT2D eigenvalue weighted by atomic mass is 9.82. The zero-order valence-corrected chi connectivity index (χ0v) is 28.7. The molecule has 11 rings (SSSR count). The van der Waals surface area contributed by atoms with Crippen molar-refractivity contribution in [2.75, 3.05) is 0 Å². The standard InChI is InChI=1S/C50H35N/c1-50(2)44-19-11-10-18-41(44)48-45(50)26-25-40-43-30-34(23-27-46(43)51(49(40)48)36-14-4-3-5-15-36)33-22-24-39-42(29-33)37-16-8-9-17-38(37)47(39)35-21-20-31-12-6-7-13-32(31)28-35/h3-30,47H,1-2H3. The van der Waals surface area contributed by atoms with Gasteiger partial charge in [-0.05, 0) is 96.7 Å². The van der Waals surface area contributed by atoms with Crippen LogP contribution in [0.2, 0.25) is 0 Å². The van der Waals surface area contributed by atoms with Gasteiger partial charge in [0.1, 0.15) is 0 Å². The Labute approximate surface area is 298 Å². The second kappa shape index (κ2) is 10.4. The van der Waals surface area contributed by atoms with E-state index in [-0.39, 0.29) is 11.3 Å². The summed E-state index contributed by atoms with van der Waals surface area (Å²) in [6.45, 7) is 4.74. The molecule has 0 saturated carbocycles. The Morgan fingerprint density at radius 1 is 0.471 bits per heavy atom. The van der Waals surface area contributed by atoms with Gasteiger partial charge >= 0.3 is 0 Å². The molecule has 1 atom stereocenters. The summed E-state index contributed by atoms with van der Waals surface area (Å²) in [5.74, 6) is 0.218. The van der Waals surface area contributed by atoms with Crippen LogP contribution in [-0.2, 0) is 5.41 Å². The van der Waals surface area contributed by atoms with Crippen molar-refractivity contribution in [3.63, 3.8) is 0 Å². The molecule has 51 heavy (non-hydrogen) atoms. The van der Waals surface area contributed by atoms with Crippen LogP contribution in [-0.4, -0.2) is 4.57 Å². The van der Waals surface area contributed by atoms with E-state index in [2.05, 4.69) is 188 Å². The molecule has 0 fully saturated rings. The van der Waals surface area contributed by atoms with Gasteiger partial charge in [0.2, 0.25) is 0 Å².